The summed E-state index contributed by atoms with van der Waals surface area (Å²) in [5, 5.41) is 10.9. The van der Waals surface area contributed by atoms with Crippen LogP contribution >= 0.6 is 0 Å². The number of hydrogen-bond acceptors (Lipinski definition) is 2. The van der Waals surface area contributed by atoms with Crippen molar-refractivity contribution in [2.45, 2.75) is 13.8 Å². The molecule has 116 valence electrons. The third kappa shape index (κ3) is 2.72. The fourth-order valence-electron chi connectivity index (χ4n) is 2.70. The van der Waals surface area contributed by atoms with Gasteiger partial charge in [0.2, 0.25) is 0 Å². The summed E-state index contributed by atoms with van der Waals surface area (Å²) in [5.41, 5.74) is 4.22. The number of aromatic nitrogens is 2. The van der Waals surface area contributed by atoms with Crippen molar-refractivity contribution in [1.82, 2.24) is 15.5 Å². The first-order valence-electron chi connectivity index (χ1n) is 7.54. The summed E-state index contributed by atoms with van der Waals surface area (Å²) in [4.78, 5) is 12.0. The Labute approximate surface area is 134 Å². The standard InChI is InChI=1S/C17H17BFN3O/c1-3-20-17(23)11-6-13(9(2)14(19)7-11)10-4-5-12-15(8-10)21-22-16(12)18/h4-8H,3,18H2,1-2H3,(H,20,23)(H,21,22). The normalized spacial score (nSPS) is 10.9. The molecule has 0 atom stereocenters. The predicted molar refractivity (Wildman–Crippen MR) is 92.4 cm³/mol. The first-order valence-corrected chi connectivity index (χ1v) is 7.54. The van der Waals surface area contributed by atoms with E-state index in [1.165, 1.54) is 6.07 Å². The number of amides is 1. The Morgan fingerprint density at radius 2 is 2.13 bits per heavy atom. The lowest BCUT2D eigenvalue weighted by molar-refractivity contribution is 0.0955. The smallest absolute Gasteiger partial charge is 0.251 e. The second kappa shape index (κ2) is 5.87. The number of aromatic amines is 1. The highest BCUT2D eigenvalue weighted by atomic mass is 19.1. The monoisotopic (exact) mass is 309 g/mol. The Hall–Kier alpha value is -2.63. The zero-order chi connectivity index (χ0) is 16.6. The molecule has 0 spiro atoms. The largest absolute Gasteiger partial charge is 0.352 e. The Kier molecular flexibility index (Phi) is 3.90. The number of fused-ring (bicyclic) bond motifs is 1. The van der Waals surface area contributed by atoms with Crippen molar-refractivity contribution in [2.75, 3.05) is 6.54 Å². The van der Waals surface area contributed by atoms with Crippen LogP contribution in [-0.2, 0) is 0 Å². The van der Waals surface area contributed by atoms with Crippen molar-refractivity contribution in [3.63, 3.8) is 0 Å². The molecular formula is C17H17BFN3O. The van der Waals surface area contributed by atoms with E-state index in [1.807, 2.05) is 33.0 Å². The molecule has 2 aromatic carbocycles. The summed E-state index contributed by atoms with van der Waals surface area (Å²) in [5.74, 6) is -0.657. The zero-order valence-electron chi connectivity index (χ0n) is 13.3. The van der Waals surface area contributed by atoms with Gasteiger partial charge in [-0.3, -0.25) is 9.89 Å². The molecule has 2 N–H and O–H groups in total. The quantitative estimate of drug-likeness (QED) is 0.723. The average Bonchev–Trinajstić information content (AvgIpc) is 2.91. The minimum Gasteiger partial charge on any atom is -0.352 e. The summed E-state index contributed by atoms with van der Waals surface area (Å²) in [7, 11) is 1.93. The van der Waals surface area contributed by atoms with E-state index in [0.717, 1.165) is 22.1 Å². The number of benzene rings is 2. The Bertz CT molecular complexity index is 904. The van der Waals surface area contributed by atoms with Crippen LogP contribution in [0.2, 0.25) is 0 Å². The van der Waals surface area contributed by atoms with Crippen LogP contribution in [0.25, 0.3) is 22.0 Å². The highest BCUT2D eigenvalue weighted by Gasteiger charge is 2.14. The molecule has 1 amide bonds. The van der Waals surface area contributed by atoms with Crippen LogP contribution < -0.4 is 10.9 Å². The first-order chi connectivity index (χ1) is 11.0. The molecule has 0 aliphatic rings. The lowest BCUT2D eigenvalue weighted by atomic mass is 9.94. The van der Waals surface area contributed by atoms with Crippen molar-refractivity contribution >= 4 is 30.2 Å². The van der Waals surface area contributed by atoms with Crippen molar-refractivity contribution in [1.29, 1.82) is 0 Å². The maximum absolute atomic E-state index is 14.2. The fourth-order valence-corrected chi connectivity index (χ4v) is 2.70. The van der Waals surface area contributed by atoms with E-state index < -0.39 is 0 Å². The molecule has 0 saturated heterocycles. The fraction of sp³-hybridized carbons (Fsp3) is 0.176. The molecule has 0 bridgehead atoms. The maximum atomic E-state index is 14.2. The lowest BCUT2D eigenvalue weighted by Gasteiger charge is -2.11. The summed E-state index contributed by atoms with van der Waals surface area (Å²) in [6.07, 6.45) is 0. The van der Waals surface area contributed by atoms with Crippen LogP contribution in [0.1, 0.15) is 22.8 Å². The molecule has 0 unspecified atom stereocenters. The number of nitrogens with zero attached hydrogens (tertiary/aromatic N) is 1. The van der Waals surface area contributed by atoms with E-state index in [4.69, 9.17) is 0 Å². The molecule has 0 aliphatic heterocycles. The van der Waals surface area contributed by atoms with E-state index in [9.17, 15) is 9.18 Å². The van der Waals surface area contributed by atoms with Gasteiger partial charge in [-0.15, -0.1) is 0 Å². The van der Waals surface area contributed by atoms with Gasteiger partial charge < -0.3 is 5.32 Å². The number of nitrogens with one attached hydrogen (secondary N) is 2. The van der Waals surface area contributed by atoms with Gasteiger partial charge in [0.25, 0.3) is 5.91 Å². The van der Waals surface area contributed by atoms with Crippen LogP contribution in [0.15, 0.2) is 30.3 Å². The number of rotatable bonds is 3. The molecule has 0 fully saturated rings. The van der Waals surface area contributed by atoms with Gasteiger partial charge in [-0.05, 0) is 48.7 Å². The van der Waals surface area contributed by atoms with E-state index in [0.29, 0.717) is 23.2 Å². The molecule has 3 rings (SSSR count). The van der Waals surface area contributed by atoms with Crippen LogP contribution in [-0.4, -0.2) is 30.5 Å². The second-order valence-corrected chi connectivity index (χ2v) is 5.56. The van der Waals surface area contributed by atoms with Gasteiger partial charge in [0.1, 0.15) is 5.82 Å². The molecule has 0 aliphatic carbocycles. The van der Waals surface area contributed by atoms with Crippen LogP contribution in [0.5, 0.6) is 0 Å². The van der Waals surface area contributed by atoms with E-state index >= 15 is 0 Å². The maximum Gasteiger partial charge on any atom is 0.251 e. The summed E-state index contributed by atoms with van der Waals surface area (Å²) < 4.78 is 14.2. The van der Waals surface area contributed by atoms with E-state index in [-0.39, 0.29) is 11.7 Å². The Morgan fingerprint density at radius 1 is 1.35 bits per heavy atom. The van der Waals surface area contributed by atoms with Gasteiger partial charge in [0.15, 0.2) is 7.85 Å². The summed E-state index contributed by atoms with van der Waals surface area (Å²) >= 11 is 0. The molecule has 4 nitrogen and oxygen atoms in total. The van der Waals surface area contributed by atoms with Crippen molar-refractivity contribution < 1.29 is 9.18 Å². The molecular weight excluding hydrogens is 292 g/mol. The van der Waals surface area contributed by atoms with E-state index in [1.54, 1.807) is 13.0 Å². The number of H-pyrrole nitrogens is 1. The zero-order valence-corrected chi connectivity index (χ0v) is 13.3. The highest BCUT2D eigenvalue weighted by molar-refractivity contribution is 6.37. The third-order valence-electron chi connectivity index (χ3n) is 4.01. The predicted octanol–water partition coefficient (Wildman–Crippen LogP) is 1.69. The minimum atomic E-state index is -0.385. The van der Waals surface area contributed by atoms with Gasteiger partial charge >= 0.3 is 0 Å². The average molecular weight is 309 g/mol. The molecule has 1 heterocycles. The molecule has 23 heavy (non-hydrogen) atoms. The van der Waals surface area contributed by atoms with Gasteiger partial charge in [-0.2, -0.15) is 5.10 Å². The SMILES string of the molecule is Bc1n[nH]c2cc(-c3cc(C(=O)NCC)cc(F)c3C)ccc12. The van der Waals surface area contributed by atoms with Crippen molar-refractivity contribution in [3.05, 3.63) is 47.3 Å². The molecule has 0 radical (unpaired) electrons. The Balaban J connectivity index is 2.14. The molecule has 6 heteroatoms. The number of carbonyl (C=O) groups is 1. The van der Waals surface area contributed by atoms with Crippen LogP contribution in [0, 0.1) is 12.7 Å². The molecule has 1 aromatic heterocycles. The van der Waals surface area contributed by atoms with Crippen molar-refractivity contribution in [2.24, 2.45) is 0 Å². The highest BCUT2D eigenvalue weighted by Crippen LogP contribution is 2.28. The number of carbonyl (C=O) groups excluding carboxylic acids is 1. The van der Waals surface area contributed by atoms with Gasteiger partial charge in [0, 0.05) is 23.1 Å². The van der Waals surface area contributed by atoms with Crippen molar-refractivity contribution in [3.8, 4) is 11.1 Å². The van der Waals surface area contributed by atoms with Crippen LogP contribution in [0.3, 0.4) is 0 Å². The second-order valence-electron chi connectivity index (χ2n) is 5.56. The number of hydrogen-bond donors (Lipinski definition) is 2. The Morgan fingerprint density at radius 3 is 2.87 bits per heavy atom. The first kappa shape index (κ1) is 15.3. The minimum absolute atomic E-state index is 0.272. The molecule has 0 saturated carbocycles. The van der Waals surface area contributed by atoms with Gasteiger partial charge in [0.05, 0.1) is 5.52 Å². The van der Waals surface area contributed by atoms with Crippen LogP contribution in [0.4, 0.5) is 4.39 Å². The van der Waals surface area contributed by atoms with E-state index in [2.05, 4.69) is 15.5 Å². The molecule has 3 aromatic rings. The number of halogens is 1. The topological polar surface area (TPSA) is 57.8 Å². The lowest BCUT2D eigenvalue weighted by Crippen LogP contribution is -2.22. The summed E-state index contributed by atoms with van der Waals surface area (Å²) in [6, 6.07) is 8.82. The third-order valence-corrected chi connectivity index (χ3v) is 4.01. The summed E-state index contributed by atoms with van der Waals surface area (Å²) in [6.45, 7) is 4.05. The van der Waals surface area contributed by atoms with Gasteiger partial charge in [-0.1, -0.05) is 12.1 Å². The van der Waals surface area contributed by atoms with Gasteiger partial charge in [-0.25, -0.2) is 4.39 Å².